The third-order valence-corrected chi connectivity index (χ3v) is 3.34. The number of ether oxygens (including phenoxy) is 3. The molecule has 0 radical (unpaired) electrons. The molecular formula is C9H14O3. The minimum Gasteiger partial charge on any atom is -0.352 e. The fourth-order valence-electron chi connectivity index (χ4n) is 2.72. The molecule has 3 nitrogen and oxygen atoms in total. The van der Waals surface area contributed by atoms with Crippen LogP contribution in [0, 0.1) is 17.8 Å². The molecule has 3 fully saturated rings. The Morgan fingerprint density at radius 1 is 1.17 bits per heavy atom. The minimum absolute atomic E-state index is 0.0373. The molecule has 5 atom stereocenters. The van der Waals surface area contributed by atoms with Crippen LogP contribution in [0.25, 0.3) is 0 Å². The maximum atomic E-state index is 5.64. The van der Waals surface area contributed by atoms with Gasteiger partial charge in [-0.05, 0) is 12.3 Å². The van der Waals surface area contributed by atoms with Crippen LogP contribution in [-0.4, -0.2) is 25.8 Å². The monoisotopic (exact) mass is 170 g/mol. The van der Waals surface area contributed by atoms with E-state index in [1.54, 1.807) is 0 Å². The van der Waals surface area contributed by atoms with E-state index in [2.05, 4.69) is 6.92 Å². The number of rotatable bonds is 0. The van der Waals surface area contributed by atoms with Crippen molar-refractivity contribution >= 4 is 0 Å². The van der Waals surface area contributed by atoms with Crippen molar-refractivity contribution in [3.63, 3.8) is 0 Å². The zero-order chi connectivity index (χ0) is 8.13. The lowest BCUT2D eigenvalue weighted by Crippen LogP contribution is -2.20. The molecule has 3 aliphatic heterocycles. The Bertz CT molecular complexity index is 194. The van der Waals surface area contributed by atoms with Gasteiger partial charge in [0.1, 0.15) is 0 Å². The van der Waals surface area contributed by atoms with Crippen LogP contribution in [0.4, 0.5) is 0 Å². The highest BCUT2D eigenvalue weighted by atomic mass is 16.8. The van der Waals surface area contributed by atoms with Crippen LogP contribution in [0.5, 0.6) is 0 Å². The SMILES string of the molecule is C[C@@H]1CO[C@@H]2O[C@@H]3OCC[C@@H]3[C@@H]21. The molecule has 68 valence electrons. The number of hydrogen-bond donors (Lipinski definition) is 0. The summed E-state index contributed by atoms with van der Waals surface area (Å²) in [5.41, 5.74) is 0. The van der Waals surface area contributed by atoms with Gasteiger partial charge < -0.3 is 14.2 Å². The average Bonchev–Trinajstić information content (AvgIpc) is 2.61. The fraction of sp³-hybridized carbons (Fsp3) is 1.00. The molecule has 12 heavy (non-hydrogen) atoms. The molecule has 3 aliphatic rings. The smallest absolute Gasteiger partial charge is 0.164 e. The topological polar surface area (TPSA) is 27.7 Å². The maximum absolute atomic E-state index is 5.64. The largest absolute Gasteiger partial charge is 0.352 e. The highest BCUT2D eigenvalue weighted by Gasteiger charge is 2.53. The van der Waals surface area contributed by atoms with E-state index in [-0.39, 0.29) is 12.6 Å². The molecule has 0 aromatic carbocycles. The first-order valence-electron chi connectivity index (χ1n) is 4.75. The van der Waals surface area contributed by atoms with Crippen molar-refractivity contribution in [3.8, 4) is 0 Å². The average molecular weight is 170 g/mol. The summed E-state index contributed by atoms with van der Waals surface area (Å²) in [6, 6.07) is 0. The van der Waals surface area contributed by atoms with Crippen molar-refractivity contribution in [2.75, 3.05) is 13.2 Å². The summed E-state index contributed by atoms with van der Waals surface area (Å²) in [6.45, 7) is 3.97. The molecule has 0 saturated carbocycles. The van der Waals surface area contributed by atoms with E-state index >= 15 is 0 Å². The zero-order valence-corrected chi connectivity index (χ0v) is 7.23. The van der Waals surface area contributed by atoms with Crippen LogP contribution in [0.3, 0.4) is 0 Å². The summed E-state index contributed by atoms with van der Waals surface area (Å²) in [5, 5.41) is 0. The molecule has 0 amide bonds. The molecule has 0 bridgehead atoms. The van der Waals surface area contributed by atoms with Crippen LogP contribution in [0.15, 0.2) is 0 Å². The lowest BCUT2D eigenvalue weighted by Gasteiger charge is -2.15. The van der Waals surface area contributed by atoms with E-state index in [9.17, 15) is 0 Å². The predicted molar refractivity (Wildman–Crippen MR) is 41.3 cm³/mol. The van der Waals surface area contributed by atoms with E-state index in [0.29, 0.717) is 17.8 Å². The molecular weight excluding hydrogens is 156 g/mol. The highest BCUT2D eigenvalue weighted by Crippen LogP contribution is 2.47. The third-order valence-electron chi connectivity index (χ3n) is 3.34. The Morgan fingerprint density at radius 2 is 2.08 bits per heavy atom. The molecule has 0 aliphatic carbocycles. The maximum Gasteiger partial charge on any atom is 0.164 e. The zero-order valence-electron chi connectivity index (χ0n) is 7.23. The van der Waals surface area contributed by atoms with Gasteiger partial charge in [0.05, 0.1) is 13.2 Å². The van der Waals surface area contributed by atoms with Crippen molar-refractivity contribution in [3.05, 3.63) is 0 Å². The van der Waals surface area contributed by atoms with Crippen LogP contribution in [-0.2, 0) is 14.2 Å². The van der Waals surface area contributed by atoms with E-state index < -0.39 is 0 Å². The van der Waals surface area contributed by atoms with Gasteiger partial charge in [0.25, 0.3) is 0 Å². The quantitative estimate of drug-likeness (QED) is 0.542. The van der Waals surface area contributed by atoms with Crippen LogP contribution in [0.1, 0.15) is 13.3 Å². The van der Waals surface area contributed by atoms with Crippen molar-refractivity contribution < 1.29 is 14.2 Å². The Balaban J connectivity index is 1.85. The van der Waals surface area contributed by atoms with E-state index in [1.165, 1.54) is 0 Å². The third kappa shape index (κ3) is 0.817. The molecule has 0 N–H and O–H groups in total. The summed E-state index contributed by atoms with van der Waals surface area (Å²) < 4.78 is 16.6. The normalized spacial score (nSPS) is 57.2. The van der Waals surface area contributed by atoms with Crippen LogP contribution in [0.2, 0.25) is 0 Å². The van der Waals surface area contributed by atoms with Gasteiger partial charge in [0.2, 0.25) is 0 Å². The minimum atomic E-state index is 0.0373. The summed E-state index contributed by atoms with van der Waals surface area (Å²) in [6.07, 6.45) is 1.23. The van der Waals surface area contributed by atoms with Gasteiger partial charge in [-0.15, -0.1) is 0 Å². The summed E-state index contributed by atoms with van der Waals surface area (Å²) in [7, 11) is 0. The molecule has 0 aromatic rings. The first kappa shape index (κ1) is 7.30. The van der Waals surface area contributed by atoms with Crippen LogP contribution >= 0.6 is 0 Å². The second-order valence-electron chi connectivity index (χ2n) is 4.08. The Morgan fingerprint density at radius 3 is 3.00 bits per heavy atom. The molecule has 0 spiro atoms. The molecule has 0 unspecified atom stereocenters. The van der Waals surface area contributed by atoms with Crippen LogP contribution < -0.4 is 0 Å². The van der Waals surface area contributed by atoms with Gasteiger partial charge in [-0.2, -0.15) is 0 Å². The fourth-order valence-corrected chi connectivity index (χ4v) is 2.72. The summed E-state index contributed by atoms with van der Waals surface area (Å²) in [5.74, 6) is 1.84. The van der Waals surface area contributed by atoms with Crippen molar-refractivity contribution in [2.24, 2.45) is 17.8 Å². The van der Waals surface area contributed by atoms with Gasteiger partial charge in [-0.25, -0.2) is 0 Å². The van der Waals surface area contributed by atoms with Crippen molar-refractivity contribution in [1.29, 1.82) is 0 Å². The molecule has 3 rings (SSSR count). The lowest BCUT2D eigenvalue weighted by atomic mass is 9.85. The first-order valence-corrected chi connectivity index (χ1v) is 4.75. The van der Waals surface area contributed by atoms with E-state index in [1.807, 2.05) is 0 Å². The Kier molecular flexibility index (Phi) is 1.48. The number of hydrogen-bond acceptors (Lipinski definition) is 3. The molecule has 0 aromatic heterocycles. The van der Waals surface area contributed by atoms with Gasteiger partial charge in [-0.1, -0.05) is 6.92 Å². The highest BCUT2D eigenvalue weighted by molar-refractivity contribution is 4.91. The van der Waals surface area contributed by atoms with Gasteiger partial charge in [0, 0.05) is 11.8 Å². The van der Waals surface area contributed by atoms with Crippen molar-refractivity contribution in [1.82, 2.24) is 0 Å². The lowest BCUT2D eigenvalue weighted by molar-refractivity contribution is -0.188. The van der Waals surface area contributed by atoms with Gasteiger partial charge in [-0.3, -0.25) is 0 Å². The second-order valence-corrected chi connectivity index (χ2v) is 4.08. The first-order chi connectivity index (χ1) is 5.86. The summed E-state index contributed by atoms with van der Waals surface area (Å²) >= 11 is 0. The summed E-state index contributed by atoms with van der Waals surface area (Å²) in [4.78, 5) is 0. The molecule has 3 saturated heterocycles. The predicted octanol–water partition coefficient (Wildman–Crippen LogP) is 0.988. The Hall–Kier alpha value is -0.120. The van der Waals surface area contributed by atoms with Crippen molar-refractivity contribution in [2.45, 2.75) is 25.9 Å². The van der Waals surface area contributed by atoms with Gasteiger partial charge >= 0.3 is 0 Å². The van der Waals surface area contributed by atoms with E-state index in [4.69, 9.17) is 14.2 Å². The standard InChI is InChI=1S/C9H14O3/c1-5-4-11-9-7(5)6-2-3-10-8(6)12-9/h5-9H,2-4H2,1H3/t5-,6-,7+,8+,9-/m1/s1. The van der Waals surface area contributed by atoms with Gasteiger partial charge in [0.15, 0.2) is 12.6 Å². The Labute approximate surface area is 72.0 Å². The molecule has 3 heteroatoms. The second kappa shape index (κ2) is 2.44. The molecule has 3 heterocycles. The number of fused-ring (bicyclic) bond motifs is 3. The van der Waals surface area contributed by atoms with E-state index in [0.717, 1.165) is 19.6 Å².